The van der Waals surface area contributed by atoms with Crippen molar-refractivity contribution in [3.8, 4) is 0 Å². The maximum Gasteiger partial charge on any atom is 0.285 e. The van der Waals surface area contributed by atoms with E-state index >= 15 is 0 Å². The van der Waals surface area contributed by atoms with E-state index in [1.807, 2.05) is 11.8 Å². The molecule has 0 aliphatic heterocycles. The molecule has 1 aromatic rings. The number of hydrogen-bond acceptors (Lipinski definition) is 2. The van der Waals surface area contributed by atoms with Crippen molar-refractivity contribution in [2.75, 3.05) is 12.8 Å². The van der Waals surface area contributed by atoms with Crippen LogP contribution in [-0.2, 0) is 5.92 Å². The fourth-order valence-corrected chi connectivity index (χ4v) is 3.19. The molecule has 1 aliphatic carbocycles. The summed E-state index contributed by atoms with van der Waals surface area (Å²) in [7, 11) is 0. The molecule has 1 saturated carbocycles. The van der Waals surface area contributed by atoms with Crippen LogP contribution in [0, 0.1) is 0 Å². The zero-order chi connectivity index (χ0) is 13.0. The van der Waals surface area contributed by atoms with Crippen LogP contribution in [-0.4, -0.2) is 24.1 Å². The fraction of sp³-hybridized carbons (Fsp3) is 0.571. The lowest BCUT2D eigenvalue weighted by molar-refractivity contribution is -0.00555. The number of benzene rings is 1. The van der Waals surface area contributed by atoms with Crippen LogP contribution in [0.25, 0.3) is 0 Å². The second-order valence-corrected chi connectivity index (χ2v) is 5.96. The van der Waals surface area contributed by atoms with Crippen molar-refractivity contribution in [2.24, 2.45) is 0 Å². The van der Waals surface area contributed by atoms with Gasteiger partial charge in [0.05, 0.1) is 6.54 Å². The van der Waals surface area contributed by atoms with E-state index in [-0.39, 0.29) is 18.2 Å². The molecule has 0 spiro atoms. The Morgan fingerprint density at radius 3 is 2.61 bits per heavy atom. The first kappa shape index (κ1) is 13.8. The Morgan fingerprint density at radius 2 is 2.00 bits per heavy atom. The zero-order valence-corrected chi connectivity index (χ0v) is 11.4. The molecule has 0 aromatic heterocycles. The predicted molar refractivity (Wildman–Crippen MR) is 73.3 cm³/mol. The highest BCUT2D eigenvalue weighted by Gasteiger charge is 2.33. The smallest absolute Gasteiger partial charge is 0.285 e. The zero-order valence-electron chi connectivity index (χ0n) is 10.5. The third-order valence-corrected chi connectivity index (χ3v) is 4.62. The number of rotatable bonds is 5. The van der Waals surface area contributed by atoms with Gasteiger partial charge in [0.25, 0.3) is 5.92 Å². The molecule has 1 N–H and O–H groups in total. The van der Waals surface area contributed by atoms with Gasteiger partial charge in [-0.15, -0.1) is 0 Å². The SMILES string of the molecule is CSC1CCC(NCC(F)(F)c2ccccc2)C1. The van der Waals surface area contributed by atoms with E-state index in [2.05, 4.69) is 11.6 Å². The van der Waals surface area contributed by atoms with Crippen molar-refractivity contribution in [2.45, 2.75) is 36.5 Å². The first-order chi connectivity index (χ1) is 8.62. The Hall–Kier alpha value is -0.610. The van der Waals surface area contributed by atoms with Crippen LogP contribution < -0.4 is 5.32 Å². The van der Waals surface area contributed by atoms with Gasteiger partial charge in [-0.1, -0.05) is 30.3 Å². The summed E-state index contributed by atoms with van der Waals surface area (Å²) in [5.41, 5.74) is 0.0944. The van der Waals surface area contributed by atoms with Gasteiger partial charge in [0, 0.05) is 16.9 Å². The van der Waals surface area contributed by atoms with Crippen molar-refractivity contribution >= 4 is 11.8 Å². The first-order valence-electron chi connectivity index (χ1n) is 6.31. The third-order valence-electron chi connectivity index (χ3n) is 3.53. The Morgan fingerprint density at radius 1 is 1.28 bits per heavy atom. The largest absolute Gasteiger partial charge is 0.308 e. The van der Waals surface area contributed by atoms with E-state index in [1.165, 1.54) is 12.1 Å². The number of halogens is 2. The van der Waals surface area contributed by atoms with E-state index in [0.717, 1.165) is 19.3 Å². The van der Waals surface area contributed by atoms with Crippen molar-refractivity contribution in [3.05, 3.63) is 35.9 Å². The van der Waals surface area contributed by atoms with Crippen LogP contribution in [0.15, 0.2) is 30.3 Å². The predicted octanol–water partition coefficient (Wildman–Crippen LogP) is 3.65. The van der Waals surface area contributed by atoms with Crippen LogP contribution in [0.2, 0.25) is 0 Å². The van der Waals surface area contributed by atoms with Gasteiger partial charge < -0.3 is 5.32 Å². The van der Waals surface area contributed by atoms with E-state index in [9.17, 15) is 8.78 Å². The normalized spacial score (nSPS) is 24.4. The Bertz CT molecular complexity index is 369. The van der Waals surface area contributed by atoms with Gasteiger partial charge in [-0.2, -0.15) is 20.5 Å². The summed E-state index contributed by atoms with van der Waals surface area (Å²) in [6.07, 6.45) is 5.24. The van der Waals surface area contributed by atoms with Gasteiger partial charge in [-0.3, -0.25) is 0 Å². The lowest BCUT2D eigenvalue weighted by atomic mass is 10.1. The molecule has 0 saturated heterocycles. The van der Waals surface area contributed by atoms with E-state index in [1.54, 1.807) is 18.2 Å². The van der Waals surface area contributed by atoms with E-state index < -0.39 is 5.92 Å². The average molecular weight is 271 g/mol. The molecule has 1 aliphatic rings. The lowest BCUT2D eigenvalue weighted by Crippen LogP contribution is -2.36. The number of thioether (sulfide) groups is 1. The van der Waals surface area contributed by atoms with E-state index in [4.69, 9.17) is 0 Å². The van der Waals surface area contributed by atoms with Gasteiger partial charge in [0.15, 0.2) is 0 Å². The minimum absolute atomic E-state index is 0.0944. The van der Waals surface area contributed by atoms with Crippen LogP contribution in [0.3, 0.4) is 0 Å². The van der Waals surface area contributed by atoms with Crippen molar-refractivity contribution in [1.29, 1.82) is 0 Å². The summed E-state index contributed by atoms with van der Waals surface area (Å²) in [6, 6.07) is 8.29. The van der Waals surface area contributed by atoms with Crippen molar-refractivity contribution < 1.29 is 8.78 Å². The van der Waals surface area contributed by atoms with Crippen LogP contribution in [0.4, 0.5) is 8.78 Å². The first-order valence-corrected chi connectivity index (χ1v) is 7.60. The third kappa shape index (κ3) is 3.45. The highest BCUT2D eigenvalue weighted by atomic mass is 32.2. The molecule has 2 unspecified atom stereocenters. The molecule has 1 aromatic carbocycles. The summed E-state index contributed by atoms with van der Waals surface area (Å²) in [4.78, 5) is 0. The molecule has 0 amide bonds. The topological polar surface area (TPSA) is 12.0 Å². The Balaban J connectivity index is 1.86. The van der Waals surface area contributed by atoms with Crippen molar-refractivity contribution in [1.82, 2.24) is 5.32 Å². The standard InChI is InChI=1S/C14H19F2NS/c1-18-13-8-7-12(9-13)17-10-14(15,16)11-5-3-2-4-6-11/h2-6,12-13,17H,7-10H2,1H3. The maximum absolute atomic E-state index is 13.9. The second-order valence-electron chi connectivity index (χ2n) is 4.82. The molecule has 2 atom stereocenters. The molecule has 4 heteroatoms. The van der Waals surface area contributed by atoms with Gasteiger partial charge in [0.2, 0.25) is 0 Å². The average Bonchev–Trinajstić information content (AvgIpc) is 2.86. The summed E-state index contributed by atoms with van der Waals surface area (Å²) < 4.78 is 27.8. The number of hydrogen-bond donors (Lipinski definition) is 1. The minimum atomic E-state index is -2.78. The van der Waals surface area contributed by atoms with Crippen LogP contribution >= 0.6 is 11.8 Å². The molecule has 0 heterocycles. The van der Waals surface area contributed by atoms with Gasteiger partial charge in [0.1, 0.15) is 0 Å². The highest BCUT2D eigenvalue weighted by molar-refractivity contribution is 7.99. The van der Waals surface area contributed by atoms with Gasteiger partial charge in [-0.25, -0.2) is 0 Å². The summed E-state index contributed by atoms with van der Waals surface area (Å²) in [5.74, 6) is -2.78. The van der Waals surface area contributed by atoms with Gasteiger partial charge in [-0.05, 0) is 25.5 Å². The van der Waals surface area contributed by atoms with Crippen LogP contribution in [0.1, 0.15) is 24.8 Å². The molecular formula is C14H19F2NS. The molecule has 1 nitrogen and oxygen atoms in total. The molecule has 1 fully saturated rings. The lowest BCUT2D eigenvalue weighted by Gasteiger charge is -2.20. The fourth-order valence-electron chi connectivity index (χ4n) is 2.40. The summed E-state index contributed by atoms with van der Waals surface area (Å²) >= 11 is 1.84. The van der Waals surface area contributed by atoms with Gasteiger partial charge >= 0.3 is 0 Å². The molecule has 18 heavy (non-hydrogen) atoms. The molecule has 0 radical (unpaired) electrons. The molecule has 2 rings (SSSR count). The monoisotopic (exact) mass is 271 g/mol. The summed E-state index contributed by atoms with van der Waals surface area (Å²) in [5, 5.41) is 3.65. The minimum Gasteiger partial charge on any atom is -0.308 e. The van der Waals surface area contributed by atoms with E-state index in [0.29, 0.717) is 5.25 Å². The maximum atomic E-state index is 13.9. The number of nitrogens with one attached hydrogen (secondary N) is 1. The summed E-state index contributed by atoms with van der Waals surface area (Å²) in [6.45, 7) is -0.261. The van der Waals surface area contributed by atoms with Crippen molar-refractivity contribution in [3.63, 3.8) is 0 Å². The number of alkyl halides is 2. The Kier molecular flexibility index (Phi) is 4.62. The molecular weight excluding hydrogens is 252 g/mol. The quantitative estimate of drug-likeness (QED) is 0.877. The second kappa shape index (κ2) is 6.02. The highest BCUT2D eigenvalue weighted by Crippen LogP contribution is 2.30. The van der Waals surface area contributed by atoms with Crippen LogP contribution in [0.5, 0.6) is 0 Å². The Labute approximate surface area is 111 Å². The molecule has 100 valence electrons. The molecule has 0 bridgehead atoms.